The van der Waals surface area contributed by atoms with Crippen molar-refractivity contribution in [3.63, 3.8) is 0 Å². The number of halogens is 2. The summed E-state index contributed by atoms with van der Waals surface area (Å²) in [6.45, 7) is 6.16. The van der Waals surface area contributed by atoms with Gasteiger partial charge in [-0.15, -0.1) is 24.8 Å². The van der Waals surface area contributed by atoms with E-state index in [1.165, 1.54) is 16.3 Å². The number of nitrogens with zero attached hydrogens (tertiary/aromatic N) is 1. The highest BCUT2D eigenvalue weighted by molar-refractivity contribution is 5.91. The van der Waals surface area contributed by atoms with Gasteiger partial charge in [0.15, 0.2) is 0 Å². The van der Waals surface area contributed by atoms with Gasteiger partial charge in [0.1, 0.15) is 5.75 Å². The van der Waals surface area contributed by atoms with E-state index in [2.05, 4.69) is 46.6 Å². The smallest absolute Gasteiger partial charge is 0.126 e. The van der Waals surface area contributed by atoms with Crippen molar-refractivity contribution in [3.05, 3.63) is 42.0 Å². The van der Waals surface area contributed by atoms with E-state index in [0.717, 1.165) is 58.0 Å². The summed E-state index contributed by atoms with van der Waals surface area (Å²) in [5.74, 6) is 1.62. The molecule has 1 atom stereocenters. The number of hydrogen-bond donors (Lipinski definition) is 1. The van der Waals surface area contributed by atoms with Crippen LogP contribution in [0.4, 0.5) is 0 Å². The van der Waals surface area contributed by atoms with E-state index < -0.39 is 0 Å². The molecular formula is C21H30Cl2N2O2. The third-order valence-corrected chi connectivity index (χ3v) is 5.71. The molecule has 150 valence electrons. The van der Waals surface area contributed by atoms with Gasteiger partial charge in [0.05, 0.1) is 7.11 Å². The molecule has 2 aliphatic heterocycles. The summed E-state index contributed by atoms with van der Waals surface area (Å²) in [7, 11) is 1.76. The molecule has 0 aromatic heterocycles. The average Bonchev–Trinajstić information content (AvgIpc) is 2.70. The standard InChI is InChI=1S/C21H28N2O2.2ClH/c1-24-20-7-6-19(17-4-2-3-5-18(17)20)21(16-8-14-25-15-9-16)23-12-10-22-11-13-23;;/h2-7,16,21-22H,8-15H2,1H3;2*1H/t21-;;/m0../s1. The second-order valence-corrected chi connectivity index (χ2v) is 7.08. The molecule has 2 aromatic rings. The molecule has 6 heteroatoms. The van der Waals surface area contributed by atoms with E-state index in [4.69, 9.17) is 9.47 Å². The van der Waals surface area contributed by atoms with Crippen LogP contribution in [0.5, 0.6) is 5.75 Å². The second kappa shape index (κ2) is 10.5. The summed E-state index contributed by atoms with van der Waals surface area (Å²) >= 11 is 0. The lowest BCUT2D eigenvalue weighted by atomic mass is 9.83. The summed E-state index contributed by atoms with van der Waals surface area (Å²) in [4.78, 5) is 2.68. The molecule has 2 saturated heterocycles. The summed E-state index contributed by atoms with van der Waals surface area (Å²) < 4.78 is 11.3. The van der Waals surface area contributed by atoms with Crippen molar-refractivity contribution in [2.24, 2.45) is 5.92 Å². The Hall–Kier alpha value is -1.04. The number of nitrogens with one attached hydrogen (secondary N) is 1. The van der Waals surface area contributed by atoms with Crippen molar-refractivity contribution < 1.29 is 9.47 Å². The number of benzene rings is 2. The van der Waals surface area contributed by atoms with Crippen LogP contribution in [0.25, 0.3) is 10.8 Å². The zero-order chi connectivity index (χ0) is 17.1. The minimum absolute atomic E-state index is 0. The highest BCUT2D eigenvalue weighted by Gasteiger charge is 2.32. The second-order valence-electron chi connectivity index (χ2n) is 7.08. The van der Waals surface area contributed by atoms with E-state index in [1.54, 1.807) is 7.11 Å². The lowest BCUT2D eigenvalue weighted by Crippen LogP contribution is -2.47. The van der Waals surface area contributed by atoms with Crippen molar-refractivity contribution in [1.29, 1.82) is 0 Å². The van der Waals surface area contributed by atoms with Crippen LogP contribution < -0.4 is 10.1 Å². The number of fused-ring (bicyclic) bond motifs is 1. The average molecular weight is 413 g/mol. The minimum atomic E-state index is 0. The fourth-order valence-corrected chi connectivity index (χ4v) is 4.47. The molecule has 27 heavy (non-hydrogen) atoms. The van der Waals surface area contributed by atoms with Crippen LogP contribution in [0.1, 0.15) is 24.4 Å². The summed E-state index contributed by atoms with van der Waals surface area (Å²) in [6, 6.07) is 13.6. The largest absolute Gasteiger partial charge is 0.496 e. The molecule has 2 aromatic carbocycles. The van der Waals surface area contributed by atoms with Crippen LogP contribution in [-0.2, 0) is 4.74 Å². The van der Waals surface area contributed by atoms with Crippen LogP contribution in [0.2, 0.25) is 0 Å². The maximum absolute atomic E-state index is 5.65. The van der Waals surface area contributed by atoms with Gasteiger partial charge in [0.25, 0.3) is 0 Å². The molecule has 2 fully saturated rings. The van der Waals surface area contributed by atoms with Gasteiger partial charge < -0.3 is 14.8 Å². The maximum atomic E-state index is 5.65. The van der Waals surface area contributed by atoms with Crippen molar-refractivity contribution in [2.75, 3.05) is 46.5 Å². The molecule has 4 rings (SSSR count). The van der Waals surface area contributed by atoms with Crippen molar-refractivity contribution in [3.8, 4) is 5.75 Å². The Kier molecular flexibility index (Phi) is 8.64. The number of rotatable bonds is 4. The lowest BCUT2D eigenvalue weighted by Gasteiger charge is -2.41. The first-order chi connectivity index (χ1) is 12.4. The Bertz CT molecular complexity index is 698. The molecule has 0 saturated carbocycles. The molecule has 2 aliphatic rings. The zero-order valence-corrected chi connectivity index (χ0v) is 17.5. The van der Waals surface area contributed by atoms with Gasteiger partial charge in [-0.1, -0.05) is 30.3 Å². The van der Waals surface area contributed by atoms with Gasteiger partial charge in [-0.05, 0) is 35.8 Å². The van der Waals surface area contributed by atoms with Crippen molar-refractivity contribution in [1.82, 2.24) is 10.2 Å². The molecule has 0 unspecified atom stereocenters. The third kappa shape index (κ3) is 4.69. The van der Waals surface area contributed by atoms with Crippen LogP contribution >= 0.6 is 24.8 Å². The summed E-state index contributed by atoms with van der Waals surface area (Å²) in [6.07, 6.45) is 2.30. The number of piperazine rings is 1. The van der Waals surface area contributed by atoms with Crippen LogP contribution in [0.15, 0.2) is 36.4 Å². The molecular weight excluding hydrogens is 383 g/mol. The highest BCUT2D eigenvalue weighted by atomic mass is 35.5. The number of hydrogen-bond acceptors (Lipinski definition) is 4. The Morgan fingerprint density at radius 2 is 1.67 bits per heavy atom. The summed E-state index contributed by atoms with van der Waals surface area (Å²) in [5, 5.41) is 6.04. The fourth-order valence-electron chi connectivity index (χ4n) is 4.47. The fraction of sp³-hybridized carbons (Fsp3) is 0.524. The molecule has 0 spiro atoms. The Morgan fingerprint density at radius 1 is 1.00 bits per heavy atom. The van der Waals surface area contributed by atoms with Gasteiger partial charge in [0, 0.05) is 50.8 Å². The van der Waals surface area contributed by atoms with E-state index in [1.807, 2.05) is 0 Å². The molecule has 2 heterocycles. The van der Waals surface area contributed by atoms with Crippen LogP contribution in [-0.4, -0.2) is 51.4 Å². The van der Waals surface area contributed by atoms with E-state index in [0.29, 0.717) is 12.0 Å². The van der Waals surface area contributed by atoms with Gasteiger partial charge in [-0.25, -0.2) is 0 Å². The zero-order valence-electron chi connectivity index (χ0n) is 15.9. The third-order valence-electron chi connectivity index (χ3n) is 5.71. The highest BCUT2D eigenvalue weighted by Crippen LogP contribution is 2.40. The van der Waals surface area contributed by atoms with Gasteiger partial charge in [-0.3, -0.25) is 4.90 Å². The first kappa shape index (κ1) is 22.3. The molecule has 0 radical (unpaired) electrons. The monoisotopic (exact) mass is 412 g/mol. The first-order valence-corrected chi connectivity index (χ1v) is 9.46. The van der Waals surface area contributed by atoms with E-state index in [9.17, 15) is 0 Å². The van der Waals surface area contributed by atoms with Crippen molar-refractivity contribution in [2.45, 2.75) is 18.9 Å². The first-order valence-electron chi connectivity index (χ1n) is 9.46. The van der Waals surface area contributed by atoms with Gasteiger partial charge in [0.2, 0.25) is 0 Å². The topological polar surface area (TPSA) is 33.7 Å². The molecule has 4 nitrogen and oxygen atoms in total. The van der Waals surface area contributed by atoms with Crippen LogP contribution in [0.3, 0.4) is 0 Å². The maximum Gasteiger partial charge on any atom is 0.126 e. The minimum Gasteiger partial charge on any atom is -0.496 e. The van der Waals surface area contributed by atoms with Crippen LogP contribution in [0, 0.1) is 5.92 Å². The Balaban J connectivity index is 0.00000131. The predicted molar refractivity (Wildman–Crippen MR) is 116 cm³/mol. The SMILES string of the molecule is COc1ccc([C@H](C2CCOCC2)N2CCNCC2)c2ccccc12.Cl.Cl. The predicted octanol–water partition coefficient (Wildman–Crippen LogP) is 4.06. The number of ether oxygens (including phenoxy) is 2. The Labute approximate surface area is 174 Å². The molecule has 0 bridgehead atoms. The quantitative estimate of drug-likeness (QED) is 0.820. The van der Waals surface area contributed by atoms with E-state index in [-0.39, 0.29) is 24.8 Å². The molecule has 1 N–H and O–H groups in total. The molecule has 0 amide bonds. The van der Waals surface area contributed by atoms with Gasteiger partial charge >= 0.3 is 0 Å². The van der Waals surface area contributed by atoms with Crippen molar-refractivity contribution >= 4 is 35.6 Å². The number of methoxy groups -OCH3 is 1. The Morgan fingerprint density at radius 3 is 2.33 bits per heavy atom. The van der Waals surface area contributed by atoms with Gasteiger partial charge in [-0.2, -0.15) is 0 Å². The normalized spacial score (nSPS) is 19.7. The molecule has 0 aliphatic carbocycles. The van der Waals surface area contributed by atoms with E-state index >= 15 is 0 Å². The lowest BCUT2D eigenvalue weighted by molar-refractivity contribution is 0.0217. The summed E-state index contributed by atoms with van der Waals surface area (Å²) in [5.41, 5.74) is 1.45.